The van der Waals surface area contributed by atoms with Crippen molar-refractivity contribution in [2.75, 3.05) is 13.2 Å². The van der Waals surface area contributed by atoms with E-state index in [4.69, 9.17) is 17.0 Å². The van der Waals surface area contributed by atoms with Gasteiger partial charge >= 0.3 is 0 Å². The predicted octanol–water partition coefficient (Wildman–Crippen LogP) is 2.54. The lowest BCUT2D eigenvalue weighted by Gasteiger charge is -2.08. The van der Waals surface area contributed by atoms with Gasteiger partial charge in [-0.3, -0.25) is 5.43 Å². The molecule has 19 heavy (non-hydrogen) atoms. The molecule has 0 fully saturated rings. The largest absolute Gasteiger partial charge is 0.493 e. The SMILES string of the molecule is CCNC(=S)N/N=C\c1ccc(OCC(C)C)cc1. The fraction of sp³-hybridized carbons (Fsp3) is 0.429. The average Bonchev–Trinajstić information content (AvgIpc) is 2.38. The Morgan fingerprint density at radius 3 is 2.63 bits per heavy atom. The molecule has 0 atom stereocenters. The molecule has 0 amide bonds. The highest BCUT2D eigenvalue weighted by Gasteiger charge is 1.97. The number of nitrogens with one attached hydrogen (secondary N) is 2. The lowest BCUT2D eigenvalue weighted by molar-refractivity contribution is 0.271. The molecule has 1 rings (SSSR count). The number of hydrazone groups is 1. The van der Waals surface area contributed by atoms with Gasteiger partial charge in [-0.25, -0.2) is 0 Å². The van der Waals surface area contributed by atoms with Crippen LogP contribution in [0, 0.1) is 5.92 Å². The van der Waals surface area contributed by atoms with Gasteiger partial charge in [0.2, 0.25) is 0 Å². The monoisotopic (exact) mass is 279 g/mol. The number of hydrogen-bond donors (Lipinski definition) is 2. The summed E-state index contributed by atoms with van der Waals surface area (Å²) in [6.45, 7) is 7.74. The second kappa shape index (κ2) is 8.48. The molecule has 0 heterocycles. The Labute approximate surface area is 120 Å². The van der Waals surface area contributed by atoms with E-state index in [-0.39, 0.29) is 0 Å². The van der Waals surface area contributed by atoms with Crippen molar-refractivity contribution in [3.63, 3.8) is 0 Å². The van der Waals surface area contributed by atoms with Gasteiger partial charge < -0.3 is 10.1 Å². The van der Waals surface area contributed by atoms with Crippen LogP contribution in [0.3, 0.4) is 0 Å². The first kappa shape index (κ1) is 15.4. The Hall–Kier alpha value is -1.62. The summed E-state index contributed by atoms with van der Waals surface area (Å²) >= 11 is 4.99. The Balaban J connectivity index is 2.43. The first-order valence-corrected chi connectivity index (χ1v) is 6.82. The van der Waals surface area contributed by atoms with E-state index >= 15 is 0 Å². The Bertz CT molecular complexity index is 415. The molecule has 0 aliphatic carbocycles. The van der Waals surface area contributed by atoms with E-state index < -0.39 is 0 Å². The van der Waals surface area contributed by atoms with Gasteiger partial charge in [0.25, 0.3) is 0 Å². The molecule has 1 aromatic carbocycles. The summed E-state index contributed by atoms with van der Waals surface area (Å²) in [4.78, 5) is 0. The Kier molecular flexibility index (Phi) is 6.89. The van der Waals surface area contributed by atoms with Gasteiger partial charge in [0, 0.05) is 6.54 Å². The fourth-order valence-electron chi connectivity index (χ4n) is 1.28. The molecule has 0 spiro atoms. The van der Waals surface area contributed by atoms with Crippen LogP contribution in [0.5, 0.6) is 5.75 Å². The molecule has 0 aliphatic rings. The molecule has 0 unspecified atom stereocenters. The van der Waals surface area contributed by atoms with Crippen molar-refractivity contribution in [1.29, 1.82) is 0 Å². The van der Waals surface area contributed by atoms with Crippen LogP contribution >= 0.6 is 12.2 Å². The highest BCUT2D eigenvalue weighted by atomic mass is 32.1. The number of benzene rings is 1. The Morgan fingerprint density at radius 1 is 1.37 bits per heavy atom. The minimum atomic E-state index is 0.524. The molecule has 2 N–H and O–H groups in total. The second-order valence-electron chi connectivity index (χ2n) is 4.50. The quantitative estimate of drug-likeness (QED) is 0.477. The number of nitrogens with zero attached hydrogens (tertiary/aromatic N) is 1. The summed E-state index contributed by atoms with van der Waals surface area (Å²) in [6.07, 6.45) is 1.72. The molecule has 4 nitrogen and oxygen atoms in total. The van der Waals surface area contributed by atoms with E-state index in [1.165, 1.54) is 0 Å². The standard InChI is InChI=1S/C14H21N3OS/c1-4-15-14(19)17-16-9-12-5-7-13(8-6-12)18-10-11(2)3/h5-9,11H,4,10H2,1-3H3,(H2,15,17,19)/b16-9-. The maximum atomic E-state index is 5.61. The third kappa shape index (κ3) is 6.76. The number of ether oxygens (including phenoxy) is 1. The molecular formula is C14H21N3OS. The molecule has 0 bridgehead atoms. The highest BCUT2D eigenvalue weighted by molar-refractivity contribution is 7.80. The summed E-state index contributed by atoms with van der Waals surface area (Å²) in [6, 6.07) is 7.78. The average molecular weight is 279 g/mol. The van der Waals surface area contributed by atoms with E-state index in [0.717, 1.165) is 24.5 Å². The lowest BCUT2D eigenvalue weighted by atomic mass is 10.2. The molecule has 104 valence electrons. The molecule has 1 aromatic rings. The first-order chi connectivity index (χ1) is 9.11. The third-order valence-corrected chi connectivity index (χ3v) is 2.42. The van der Waals surface area contributed by atoms with Gasteiger partial charge in [-0.05, 0) is 54.9 Å². The normalized spacial score (nSPS) is 10.7. The number of thiocarbonyl (C=S) groups is 1. The topological polar surface area (TPSA) is 45.7 Å². The van der Waals surface area contributed by atoms with Gasteiger partial charge in [-0.15, -0.1) is 0 Å². The van der Waals surface area contributed by atoms with Crippen molar-refractivity contribution in [3.8, 4) is 5.75 Å². The van der Waals surface area contributed by atoms with E-state index in [2.05, 4.69) is 29.7 Å². The molecule has 0 aliphatic heterocycles. The minimum Gasteiger partial charge on any atom is -0.493 e. The van der Waals surface area contributed by atoms with Crippen LogP contribution in [0.4, 0.5) is 0 Å². The van der Waals surface area contributed by atoms with Crippen LogP contribution in [-0.2, 0) is 0 Å². The summed E-state index contributed by atoms with van der Waals surface area (Å²) in [5.41, 5.74) is 3.73. The van der Waals surface area contributed by atoms with Gasteiger partial charge in [-0.1, -0.05) is 13.8 Å². The smallest absolute Gasteiger partial charge is 0.186 e. The summed E-state index contributed by atoms with van der Waals surface area (Å²) in [7, 11) is 0. The maximum Gasteiger partial charge on any atom is 0.186 e. The van der Waals surface area contributed by atoms with Gasteiger partial charge in [0.1, 0.15) is 5.75 Å². The van der Waals surface area contributed by atoms with Crippen molar-refractivity contribution < 1.29 is 4.74 Å². The second-order valence-corrected chi connectivity index (χ2v) is 4.91. The van der Waals surface area contributed by atoms with E-state index in [1.54, 1.807) is 6.21 Å². The zero-order valence-corrected chi connectivity index (χ0v) is 12.5. The summed E-state index contributed by atoms with van der Waals surface area (Å²) in [5.74, 6) is 1.40. The summed E-state index contributed by atoms with van der Waals surface area (Å²) in [5, 5.41) is 7.52. The van der Waals surface area contributed by atoms with E-state index in [9.17, 15) is 0 Å². The molecule has 0 aromatic heterocycles. The van der Waals surface area contributed by atoms with E-state index in [1.807, 2.05) is 31.2 Å². The van der Waals surface area contributed by atoms with Gasteiger partial charge in [-0.2, -0.15) is 5.10 Å². The number of rotatable bonds is 6. The highest BCUT2D eigenvalue weighted by Crippen LogP contribution is 2.12. The van der Waals surface area contributed by atoms with Crippen LogP contribution in [0.15, 0.2) is 29.4 Å². The van der Waals surface area contributed by atoms with Crippen LogP contribution in [0.25, 0.3) is 0 Å². The fourth-order valence-corrected chi connectivity index (χ4v) is 1.48. The zero-order valence-electron chi connectivity index (χ0n) is 11.6. The van der Waals surface area contributed by atoms with Crippen molar-refractivity contribution in [2.45, 2.75) is 20.8 Å². The number of hydrogen-bond acceptors (Lipinski definition) is 3. The zero-order chi connectivity index (χ0) is 14.1. The van der Waals surface area contributed by atoms with Crippen molar-refractivity contribution >= 4 is 23.5 Å². The van der Waals surface area contributed by atoms with Crippen LogP contribution in [0.1, 0.15) is 26.3 Å². The van der Waals surface area contributed by atoms with E-state index in [0.29, 0.717) is 11.0 Å². The maximum absolute atomic E-state index is 5.61. The molecule has 5 heteroatoms. The lowest BCUT2D eigenvalue weighted by Crippen LogP contribution is -2.31. The molecule has 0 saturated carbocycles. The summed E-state index contributed by atoms with van der Waals surface area (Å²) < 4.78 is 5.61. The molecule has 0 saturated heterocycles. The molecule has 0 radical (unpaired) electrons. The Morgan fingerprint density at radius 2 is 2.05 bits per heavy atom. The third-order valence-electron chi connectivity index (χ3n) is 2.18. The van der Waals surface area contributed by atoms with Crippen LogP contribution in [-0.4, -0.2) is 24.5 Å². The van der Waals surface area contributed by atoms with Gasteiger partial charge in [0.05, 0.1) is 12.8 Å². The minimum absolute atomic E-state index is 0.524. The van der Waals surface area contributed by atoms with Crippen LogP contribution in [0.2, 0.25) is 0 Å². The van der Waals surface area contributed by atoms with Crippen molar-refractivity contribution in [3.05, 3.63) is 29.8 Å². The van der Waals surface area contributed by atoms with Gasteiger partial charge in [0.15, 0.2) is 5.11 Å². The first-order valence-electron chi connectivity index (χ1n) is 6.41. The van der Waals surface area contributed by atoms with Crippen molar-refractivity contribution in [2.24, 2.45) is 11.0 Å². The molecular weight excluding hydrogens is 258 g/mol. The van der Waals surface area contributed by atoms with Crippen LogP contribution < -0.4 is 15.5 Å². The predicted molar refractivity (Wildman–Crippen MR) is 83.8 cm³/mol. The van der Waals surface area contributed by atoms with Crippen molar-refractivity contribution in [1.82, 2.24) is 10.7 Å².